The first kappa shape index (κ1) is 56.2. The summed E-state index contributed by atoms with van der Waals surface area (Å²) >= 11 is 0. The second-order valence-electron chi connectivity index (χ2n) is 22.0. The van der Waals surface area contributed by atoms with E-state index in [1.807, 2.05) is 24.3 Å². The maximum atomic E-state index is 15.0. The van der Waals surface area contributed by atoms with E-state index in [1.54, 1.807) is 62.9 Å². The van der Waals surface area contributed by atoms with E-state index in [0.29, 0.717) is 31.7 Å². The highest BCUT2D eigenvalue weighted by Gasteiger charge is 2.50. The molecule has 4 N–H and O–H groups in total. The SMILES string of the molecule is CO[C@H]1/C=C/O[C@@]2(C)Oc3c(C)c(O)c4c(=O)c(c5oc6cc(OC7CCN(C(=O)OCC8c9ccccc9-c9ccccc98)CC7)ccc6nc-5c4c3C2=O)NC(=O)/C(C)=C\C=C\[C@H](C)[C@H](O)[C@@H](C)[C@@H](O)[C@@H](C)[C@H](OC(C)=O)[C@@H]1C. The predicted molar refractivity (Wildman–Crippen MR) is 301 cm³/mol. The van der Waals surface area contributed by atoms with Gasteiger partial charge in [0.05, 0.1) is 35.5 Å². The van der Waals surface area contributed by atoms with Crippen molar-refractivity contribution in [2.75, 3.05) is 32.1 Å². The highest BCUT2D eigenvalue weighted by atomic mass is 16.7. The number of carbonyl (C=O) groups is 4. The number of aromatic hydroxyl groups is 1. The predicted octanol–water partition coefficient (Wildman–Crippen LogP) is 9.74. The maximum Gasteiger partial charge on any atom is 0.409 e. The third-order valence-corrected chi connectivity index (χ3v) is 16.6. The van der Waals surface area contributed by atoms with Crippen LogP contribution >= 0.6 is 0 Å². The molecule has 424 valence electrons. The number of hydrogen-bond donors (Lipinski definition) is 4. The van der Waals surface area contributed by atoms with E-state index in [4.69, 9.17) is 37.8 Å². The molecule has 4 aliphatic heterocycles. The molecule has 4 aromatic carbocycles. The second-order valence-corrected chi connectivity index (χ2v) is 22.0. The van der Waals surface area contributed by atoms with Crippen LogP contribution in [0, 0.1) is 30.6 Å². The topological polar surface area (TPSA) is 243 Å². The number of aliphatic hydroxyl groups excluding tert-OH is 2. The van der Waals surface area contributed by atoms with Gasteiger partial charge in [0.15, 0.2) is 11.3 Å². The van der Waals surface area contributed by atoms with Gasteiger partial charge < -0.3 is 58.4 Å². The zero-order valence-electron chi connectivity index (χ0n) is 46.7. The molecular weight excluding hydrogens is 1040 g/mol. The van der Waals surface area contributed by atoms with E-state index < -0.39 is 88.8 Å². The number of aliphatic hydroxyl groups is 2. The normalized spacial score (nSPS) is 27.0. The number of piperidine rings is 1. The zero-order chi connectivity index (χ0) is 57.8. The lowest BCUT2D eigenvalue weighted by Crippen LogP contribution is -2.46. The van der Waals surface area contributed by atoms with E-state index in [9.17, 15) is 34.5 Å². The first-order valence-corrected chi connectivity index (χ1v) is 27.4. The van der Waals surface area contributed by atoms with Gasteiger partial charge in [0.25, 0.3) is 11.7 Å². The van der Waals surface area contributed by atoms with Gasteiger partial charge in [0, 0.05) is 99.1 Å². The van der Waals surface area contributed by atoms with Gasteiger partial charge in [-0.2, -0.15) is 0 Å². The van der Waals surface area contributed by atoms with E-state index in [0.717, 1.165) is 22.3 Å². The number of allylic oxidation sites excluding steroid dienone is 2. The Bertz CT molecular complexity index is 3550. The average molecular weight is 1110 g/mol. The largest absolute Gasteiger partial charge is 0.507 e. The van der Waals surface area contributed by atoms with Crippen LogP contribution in [-0.4, -0.2) is 112 Å². The fraction of sp³-hybridized carbons (Fsp3) is 0.397. The van der Waals surface area contributed by atoms with Crippen LogP contribution < -0.4 is 20.2 Å². The molecule has 1 fully saturated rings. The molecule has 1 saturated heterocycles. The molecule has 0 aromatic heterocycles. The fourth-order valence-electron chi connectivity index (χ4n) is 11.9. The molecule has 2 amide bonds. The van der Waals surface area contributed by atoms with Crippen molar-refractivity contribution in [1.29, 1.82) is 0 Å². The average Bonchev–Trinajstić information content (AvgIpc) is 2.52. The van der Waals surface area contributed by atoms with E-state index in [1.165, 1.54) is 53.2 Å². The summed E-state index contributed by atoms with van der Waals surface area (Å²) in [6.45, 7) is 13.6. The van der Waals surface area contributed by atoms with Crippen LogP contribution in [0.25, 0.3) is 44.5 Å². The minimum Gasteiger partial charge on any atom is -0.507 e. The number of likely N-dealkylation sites (tertiary alicyclic amines) is 1. The summed E-state index contributed by atoms with van der Waals surface area (Å²) in [5.41, 5.74) is 3.72. The summed E-state index contributed by atoms with van der Waals surface area (Å²) in [4.78, 5) is 76.7. The first-order valence-electron chi connectivity index (χ1n) is 27.4. The Morgan fingerprint density at radius 3 is 2.22 bits per heavy atom. The summed E-state index contributed by atoms with van der Waals surface area (Å²) in [5.74, 6) is -7.22. The molecule has 0 unspecified atom stereocenters. The molecule has 4 aromatic rings. The third kappa shape index (κ3) is 10.4. The number of amides is 2. The number of fused-ring (bicyclic) bond motifs is 5. The number of phenolic OH excluding ortho intramolecular Hbond substituents is 1. The van der Waals surface area contributed by atoms with Crippen LogP contribution in [0.3, 0.4) is 0 Å². The number of carbonyl (C=O) groups excluding carboxylic acids is 4. The maximum absolute atomic E-state index is 15.0. The summed E-state index contributed by atoms with van der Waals surface area (Å²) in [6, 6.07) is 21.3. The molecule has 2 aliphatic carbocycles. The minimum atomic E-state index is -2.08. The summed E-state index contributed by atoms with van der Waals surface area (Å²) < 4.78 is 43.0. The van der Waals surface area contributed by atoms with Gasteiger partial charge in [-0.3, -0.25) is 19.2 Å². The molecule has 4 heterocycles. The Morgan fingerprint density at radius 1 is 0.877 bits per heavy atom. The third-order valence-electron chi connectivity index (χ3n) is 16.6. The number of esters is 1. The van der Waals surface area contributed by atoms with Crippen molar-refractivity contribution in [3.8, 4) is 39.8 Å². The molecule has 18 heteroatoms. The number of anilines is 1. The molecule has 9 atom stereocenters. The number of hydrogen-bond acceptors (Lipinski definition) is 16. The van der Waals surface area contributed by atoms with Gasteiger partial charge in [-0.05, 0) is 54.3 Å². The van der Waals surface area contributed by atoms with Crippen molar-refractivity contribution in [3.63, 3.8) is 0 Å². The molecule has 4 bridgehead atoms. The van der Waals surface area contributed by atoms with Crippen molar-refractivity contribution in [1.82, 2.24) is 9.88 Å². The Morgan fingerprint density at radius 2 is 1.56 bits per heavy atom. The van der Waals surface area contributed by atoms with Crippen molar-refractivity contribution in [3.05, 3.63) is 135 Å². The summed E-state index contributed by atoms with van der Waals surface area (Å²) in [6.07, 6.45) is 3.79. The second kappa shape index (κ2) is 22.5. The van der Waals surface area contributed by atoms with Gasteiger partial charge in [0.1, 0.15) is 53.0 Å². The van der Waals surface area contributed by atoms with Gasteiger partial charge >= 0.3 is 17.8 Å². The van der Waals surface area contributed by atoms with Gasteiger partial charge in [-0.15, -0.1) is 0 Å². The number of Topliss-reactive ketones (excluding diaryl/α,β-unsaturated/α-hetero) is 1. The Balaban J connectivity index is 0.976. The van der Waals surface area contributed by atoms with Crippen LogP contribution in [0.2, 0.25) is 0 Å². The number of benzene rings is 5. The molecule has 10 rings (SSSR count). The lowest BCUT2D eigenvalue weighted by Gasteiger charge is -2.38. The zero-order valence-corrected chi connectivity index (χ0v) is 46.7. The lowest BCUT2D eigenvalue weighted by molar-refractivity contribution is -0.160. The number of phenols is 1. The number of methoxy groups -OCH3 is 1. The number of rotatable bonds is 6. The Kier molecular flexibility index (Phi) is 15.6. The van der Waals surface area contributed by atoms with Crippen LogP contribution in [0.4, 0.5) is 10.5 Å². The van der Waals surface area contributed by atoms with E-state index in [-0.39, 0.29) is 80.1 Å². The van der Waals surface area contributed by atoms with Crippen molar-refractivity contribution < 1.29 is 67.3 Å². The molecule has 0 radical (unpaired) electrons. The number of ether oxygens (including phenoxy) is 6. The van der Waals surface area contributed by atoms with Crippen LogP contribution in [0.15, 0.2) is 112 Å². The van der Waals surface area contributed by atoms with Crippen LogP contribution in [0.1, 0.15) is 94.3 Å². The minimum absolute atomic E-state index is 0.0388. The molecule has 6 aliphatic rings. The van der Waals surface area contributed by atoms with Crippen molar-refractivity contribution in [2.45, 2.75) is 110 Å². The smallest absolute Gasteiger partial charge is 0.409 e. The standard InChI is InChI=1S/C63H67N3O15/c1-31-15-14-16-32(2)61(73)65-52-56(71)49-48(50-58(36(6)55(49)70)81-63(8,60(50)72)77-28-25-46(75-9)33(3)57(78-37(7)67)35(5)54(69)34(4)53(31)68)51-59(52)80-47-29-39(21-22-45(47)64-51)79-38-23-26-66(27-24-38)62(74)76-30-44-42-19-12-10-17-40(42)41-18-11-13-20-43(41)44/h10-22,25,28-29,31,33-35,38,44,46,53-54,57,68-70H,23-24,26-27,30H2,1-9H3,(H,65,73)/b15-14+,28-25+,32-16-/t31-,33+,34+,35+,46-,53-,54+,57+,63-/m0/s1. The number of ketones is 1. The number of aromatic nitrogens is 1. The molecule has 0 saturated carbocycles. The summed E-state index contributed by atoms with van der Waals surface area (Å²) in [5, 5.41) is 37.4. The van der Waals surface area contributed by atoms with Crippen molar-refractivity contribution in [2.24, 2.45) is 23.7 Å². The number of nitrogens with one attached hydrogen (secondary N) is 1. The number of nitrogens with zero attached hydrogens (tertiary/aromatic N) is 2. The van der Waals surface area contributed by atoms with Gasteiger partial charge in [-0.25, -0.2) is 9.78 Å². The molecule has 0 spiro atoms. The van der Waals surface area contributed by atoms with Gasteiger partial charge in [0.2, 0.25) is 5.43 Å². The molecular formula is C63H67N3O15. The Labute approximate surface area is 468 Å². The fourth-order valence-corrected chi connectivity index (χ4v) is 11.9. The Hall–Kier alpha value is -8.06. The first-order chi connectivity index (χ1) is 38.7. The quantitative estimate of drug-likeness (QED) is 0.0689. The molecule has 81 heavy (non-hydrogen) atoms. The van der Waals surface area contributed by atoms with Crippen molar-refractivity contribution >= 4 is 51.3 Å². The van der Waals surface area contributed by atoms with Gasteiger partial charge in [-0.1, -0.05) is 94.5 Å². The highest BCUT2D eigenvalue weighted by molar-refractivity contribution is 6.22. The lowest BCUT2D eigenvalue weighted by atomic mass is 9.78. The van der Waals surface area contributed by atoms with Crippen LogP contribution in [-0.2, 0) is 28.5 Å². The van der Waals surface area contributed by atoms with E-state index >= 15 is 4.79 Å². The molecule has 18 nitrogen and oxygen atoms in total. The highest BCUT2D eigenvalue weighted by Crippen LogP contribution is 2.51. The van der Waals surface area contributed by atoms with Crippen LogP contribution in [0.5, 0.6) is 17.2 Å². The summed E-state index contributed by atoms with van der Waals surface area (Å²) in [7, 11) is 1.44. The van der Waals surface area contributed by atoms with E-state index in [2.05, 4.69) is 29.6 Å². The monoisotopic (exact) mass is 1110 g/mol.